The fourth-order valence-corrected chi connectivity index (χ4v) is 4.37. The normalized spacial score (nSPS) is 13.9. The van der Waals surface area contributed by atoms with Crippen LogP contribution in [0.25, 0.3) is 22.8 Å². The summed E-state index contributed by atoms with van der Waals surface area (Å²) in [4.78, 5) is 32.6. The van der Waals surface area contributed by atoms with Crippen molar-refractivity contribution in [1.82, 2.24) is 19.6 Å². The molecular weight excluding hydrogens is 515 g/mol. The van der Waals surface area contributed by atoms with Crippen molar-refractivity contribution in [2.24, 2.45) is 0 Å². The fraction of sp³-hybridized carbons (Fsp3) is 0.259. The predicted octanol–water partition coefficient (Wildman–Crippen LogP) is 4.18. The van der Waals surface area contributed by atoms with Crippen molar-refractivity contribution in [3.8, 4) is 28.6 Å². The maximum atomic E-state index is 12.6. The molecule has 0 saturated carbocycles. The molecule has 0 atom stereocenters. The van der Waals surface area contributed by atoms with Crippen LogP contribution in [0.15, 0.2) is 76.2 Å². The van der Waals surface area contributed by atoms with Gasteiger partial charge in [0.15, 0.2) is 0 Å². The van der Waals surface area contributed by atoms with Crippen molar-refractivity contribution in [3.05, 3.63) is 82.8 Å². The van der Waals surface area contributed by atoms with Gasteiger partial charge in [0.25, 0.3) is 11.4 Å². The van der Waals surface area contributed by atoms with Crippen molar-refractivity contribution in [2.75, 3.05) is 31.1 Å². The molecule has 5 rings (SSSR count). The summed E-state index contributed by atoms with van der Waals surface area (Å²) in [6.45, 7) is 4.69. The van der Waals surface area contributed by atoms with E-state index in [-0.39, 0.29) is 28.9 Å². The molecule has 1 fully saturated rings. The van der Waals surface area contributed by atoms with Crippen molar-refractivity contribution in [1.29, 1.82) is 0 Å². The Morgan fingerprint density at radius 2 is 1.72 bits per heavy atom. The molecule has 1 saturated heterocycles. The number of pyridine rings is 1. The highest BCUT2D eigenvalue weighted by molar-refractivity contribution is 5.73. The van der Waals surface area contributed by atoms with E-state index in [1.54, 1.807) is 19.2 Å². The van der Waals surface area contributed by atoms with Crippen LogP contribution >= 0.6 is 0 Å². The van der Waals surface area contributed by atoms with Gasteiger partial charge in [0.1, 0.15) is 5.75 Å². The van der Waals surface area contributed by atoms with Crippen LogP contribution < -0.4 is 15.2 Å². The summed E-state index contributed by atoms with van der Waals surface area (Å²) in [6.07, 6.45) is -3.16. The predicted molar refractivity (Wildman–Crippen MR) is 136 cm³/mol. The third-order valence-corrected chi connectivity index (χ3v) is 6.36. The first-order chi connectivity index (χ1) is 18.6. The molecule has 0 spiro atoms. The maximum Gasteiger partial charge on any atom is 0.573 e. The Labute approximate surface area is 221 Å². The number of anilines is 1. The third kappa shape index (κ3) is 6.28. The monoisotopic (exact) mass is 539 g/mol. The number of ether oxygens (including phenoxy) is 1. The largest absolute Gasteiger partial charge is 0.573 e. The molecule has 12 heteroatoms. The van der Waals surface area contributed by atoms with E-state index < -0.39 is 6.36 Å². The molecule has 1 aliphatic heterocycles. The number of benzene rings is 2. The number of hydrogen-bond acceptors (Lipinski definition) is 7. The second kappa shape index (κ2) is 10.6. The van der Waals surface area contributed by atoms with Gasteiger partial charge < -0.3 is 23.6 Å². The van der Waals surface area contributed by atoms with Gasteiger partial charge in [0.2, 0.25) is 11.7 Å². The average molecular weight is 540 g/mol. The van der Waals surface area contributed by atoms with Crippen LogP contribution in [-0.2, 0) is 11.3 Å². The molecule has 0 bridgehead atoms. The number of aromatic nitrogens is 3. The second-order valence-corrected chi connectivity index (χ2v) is 9.04. The Hall–Kier alpha value is -4.61. The van der Waals surface area contributed by atoms with E-state index in [0.29, 0.717) is 30.8 Å². The number of carbonyl (C=O) groups is 1. The minimum Gasteiger partial charge on any atom is -0.406 e. The number of amides is 1. The number of hydrogen-bond donors (Lipinski definition) is 0. The van der Waals surface area contributed by atoms with Crippen LogP contribution in [0.2, 0.25) is 0 Å². The van der Waals surface area contributed by atoms with Crippen LogP contribution in [0.3, 0.4) is 0 Å². The smallest absolute Gasteiger partial charge is 0.406 e. The Kier molecular flexibility index (Phi) is 7.09. The summed E-state index contributed by atoms with van der Waals surface area (Å²) in [5.74, 6) is 0.0549. The van der Waals surface area contributed by atoms with Crippen LogP contribution in [0.1, 0.15) is 12.5 Å². The van der Waals surface area contributed by atoms with Gasteiger partial charge in [0, 0.05) is 56.6 Å². The molecule has 39 heavy (non-hydrogen) atoms. The van der Waals surface area contributed by atoms with Gasteiger partial charge >= 0.3 is 6.36 Å². The SMILES string of the molecule is CC(=O)N1CCN(c2cccc(Cn3cc(-c4nc(-c5ccc(OC(F)(F)F)cc5)no4)ccc3=O)c2)CC1. The first kappa shape index (κ1) is 26.0. The lowest BCUT2D eigenvalue weighted by molar-refractivity contribution is -0.274. The van der Waals surface area contributed by atoms with Crippen molar-refractivity contribution >= 4 is 11.6 Å². The molecule has 0 radical (unpaired) electrons. The molecule has 4 aromatic rings. The molecule has 0 N–H and O–H groups in total. The summed E-state index contributed by atoms with van der Waals surface area (Å²) < 4.78 is 48.0. The topological polar surface area (TPSA) is 93.7 Å². The van der Waals surface area contributed by atoms with Crippen LogP contribution in [0, 0.1) is 0 Å². The van der Waals surface area contributed by atoms with Crippen molar-refractivity contribution in [3.63, 3.8) is 0 Å². The fourth-order valence-electron chi connectivity index (χ4n) is 4.37. The Morgan fingerprint density at radius 3 is 2.41 bits per heavy atom. The summed E-state index contributed by atoms with van der Waals surface area (Å²) in [5.41, 5.74) is 2.69. The molecule has 2 aromatic carbocycles. The van der Waals surface area contributed by atoms with Gasteiger partial charge in [-0.25, -0.2) is 0 Å². The lowest BCUT2D eigenvalue weighted by Crippen LogP contribution is -2.48. The zero-order chi connectivity index (χ0) is 27.6. The van der Waals surface area contributed by atoms with Crippen LogP contribution in [0.5, 0.6) is 5.75 Å². The number of alkyl halides is 3. The number of carbonyl (C=O) groups excluding carboxylic acids is 1. The van der Waals surface area contributed by atoms with Gasteiger partial charge in [-0.05, 0) is 48.0 Å². The molecule has 0 unspecified atom stereocenters. The number of piperazine rings is 1. The average Bonchev–Trinajstić information content (AvgIpc) is 3.40. The van der Waals surface area contributed by atoms with E-state index in [1.165, 1.54) is 22.8 Å². The molecule has 2 aromatic heterocycles. The number of rotatable bonds is 6. The summed E-state index contributed by atoms with van der Waals surface area (Å²) in [6, 6.07) is 16.0. The van der Waals surface area contributed by atoms with Crippen molar-refractivity contribution < 1.29 is 27.2 Å². The van der Waals surface area contributed by atoms with E-state index in [0.717, 1.165) is 36.5 Å². The van der Waals surface area contributed by atoms with E-state index in [9.17, 15) is 22.8 Å². The lowest BCUT2D eigenvalue weighted by atomic mass is 10.1. The second-order valence-electron chi connectivity index (χ2n) is 9.04. The number of halogens is 3. The molecule has 1 aliphatic rings. The van der Waals surface area contributed by atoms with Crippen LogP contribution in [-0.4, -0.2) is 58.1 Å². The van der Waals surface area contributed by atoms with E-state index in [1.807, 2.05) is 29.2 Å². The van der Waals surface area contributed by atoms with Gasteiger partial charge in [-0.15, -0.1) is 13.2 Å². The Balaban J connectivity index is 1.31. The van der Waals surface area contributed by atoms with Gasteiger partial charge in [-0.3, -0.25) is 9.59 Å². The Bertz CT molecular complexity index is 1520. The minimum absolute atomic E-state index is 0.0736. The maximum absolute atomic E-state index is 12.6. The van der Waals surface area contributed by atoms with Gasteiger partial charge in [-0.2, -0.15) is 4.98 Å². The van der Waals surface area contributed by atoms with Gasteiger partial charge in [0.05, 0.1) is 12.1 Å². The highest BCUT2D eigenvalue weighted by Gasteiger charge is 2.31. The highest BCUT2D eigenvalue weighted by atomic mass is 19.4. The first-order valence-corrected chi connectivity index (χ1v) is 12.1. The lowest BCUT2D eigenvalue weighted by Gasteiger charge is -2.35. The molecular formula is C27H24F3N5O4. The molecule has 1 amide bonds. The molecule has 9 nitrogen and oxygen atoms in total. The Morgan fingerprint density at radius 1 is 1.00 bits per heavy atom. The molecule has 202 valence electrons. The highest BCUT2D eigenvalue weighted by Crippen LogP contribution is 2.27. The first-order valence-electron chi connectivity index (χ1n) is 12.1. The third-order valence-electron chi connectivity index (χ3n) is 6.36. The summed E-state index contributed by atoms with van der Waals surface area (Å²) in [5, 5.41) is 3.92. The standard InChI is InChI=1S/C27H24F3N5O4/c1-18(36)33-11-13-34(14-12-33)22-4-2-3-19(15-22)16-35-17-21(7-10-24(35)37)26-31-25(32-39-26)20-5-8-23(9-6-20)38-27(28,29)30/h2-10,15,17H,11-14,16H2,1H3. The molecule has 3 heterocycles. The summed E-state index contributed by atoms with van der Waals surface area (Å²) in [7, 11) is 0. The molecule has 0 aliphatic carbocycles. The zero-order valence-corrected chi connectivity index (χ0v) is 20.9. The number of nitrogens with zero attached hydrogens (tertiary/aromatic N) is 5. The zero-order valence-electron chi connectivity index (χ0n) is 20.9. The van der Waals surface area contributed by atoms with E-state index in [2.05, 4.69) is 19.8 Å². The van der Waals surface area contributed by atoms with Gasteiger partial charge in [-0.1, -0.05) is 17.3 Å². The van der Waals surface area contributed by atoms with Crippen molar-refractivity contribution in [2.45, 2.75) is 19.8 Å². The summed E-state index contributed by atoms with van der Waals surface area (Å²) >= 11 is 0. The quantitative estimate of drug-likeness (QED) is 0.363. The van der Waals surface area contributed by atoms with E-state index >= 15 is 0 Å². The van der Waals surface area contributed by atoms with Crippen LogP contribution in [0.4, 0.5) is 18.9 Å². The minimum atomic E-state index is -4.78. The van der Waals surface area contributed by atoms with E-state index in [4.69, 9.17) is 4.52 Å².